The molecule has 0 fully saturated rings. The van der Waals surface area contributed by atoms with E-state index in [1.165, 1.54) is 0 Å². The van der Waals surface area contributed by atoms with Gasteiger partial charge >= 0.3 is 0 Å². The molecule has 16 heavy (non-hydrogen) atoms. The van der Waals surface area contributed by atoms with Crippen molar-refractivity contribution in [3.8, 4) is 0 Å². The van der Waals surface area contributed by atoms with E-state index in [4.69, 9.17) is 12.2 Å². The van der Waals surface area contributed by atoms with Gasteiger partial charge in [-0.05, 0) is 25.5 Å². The van der Waals surface area contributed by atoms with Crippen molar-refractivity contribution in [1.29, 1.82) is 0 Å². The maximum atomic E-state index is 4.82. The molecule has 0 aliphatic carbocycles. The Balaban J connectivity index is -0.000000160. The van der Waals surface area contributed by atoms with E-state index in [-0.39, 0.29) is 0 Å². The first-order valence-corrected chi connectivity index (χ1v) is 8.08. The van der Waals surface area contributed by atoms with Crippen molar-refractivity contribution in [2.45, 2.75) is 40.0 Å². The molecule has 0 saturated carbocycles. The number of thiocarbonyl (C=S) groups is 3. The van der Waals surface area contributed by atoms with Crippen LogP contribution in [0.1, 0.15) is 40.0 Å². The Hall–Kier alpha value is 1.06. The van der Waals surface area contributed by atoms with Gasteiger partial charge in [-0.2, -0.15) is 8.39 Å². The van der Waals surface area contributed by atoms with Gasteiger partial charge in [0, 0.05) is 4.20 Å². The third-order valence-electron chi connectivity index (χ3n) is 1.09. The summed E-state index contributed by atoms with van der Waals surface area (Å²) in [6.07, 6.45) is 4.73. The van der Waals surface area contributed by atoms with Crippen LogP contribution >= 0.6 is 48.4 Å². The summed E-state index contributed by atoms with van der Waals surface area (Å²) in [6.45, 7) is 5.98. The van der Waals surface area contributed by atoms with Gasteiger partial charge in [0.15, 0.2) is 0 Å². The molecule has 0 aromatic carbocycles. The van der Waals surface area contributed by atoms with Crippen molar-refractivity contribution in [2.24, 2.45) is 0 Å². The predicted octanol–water partition coefficient (Wildman–Crippen LogP) is 4.63. The first kappa shape index (κ1) is 22.3. The molecule has 0 rings (SSSR count). The number of hydrogen-bond acceptors (Lipinski definition) is 6. The Morgan fingerprint density at radius 3 is 1.12 bits per heavy atom. The normalized spacial score (nSPS) is 7.75. The molecule has 0 aromatic heterocycles. The molecule has 0 nitrogen and oxygen atoms in total. The summed E-state index contributed by atoms with van der Waals surface area (Å²) in [4.78, 5) is 0. The standard InChI is InChI=1S/C4H8S2.2C3H6S2/c1-3-4(5)6-2;2*1-2-3(4)5/h3H2,1-2H3;2*2H2,1H3,(H,4,5)/p-2. The Labute approximate surface area is 132 Å². The fourth-order valence-corrected chi connectivity index (χ4v) is 0.433. The van der Waals surface area contributed by atoms with Gasteiger partial charge in [0.05, 0.1) is 0 Å². The zero-order valence-electron chi connectivity index (χ0n) is 10.1. The van der Waals surface area contributed by atoms with E-state index >= 15 is 0 Å². The molecular formula is C10H18S6-2. The Bertz CT molecular complexity index is 179. The molecule has 0 heterocycles. The lowest BCUT2D eigenvalue weighted by Gasteiger charge is -1.92. The summed E-state index contributed by atoms with van der Waals surface area (Å²) in [5, 5.41) is 0. The summed E-state index contributed by atoms with van der Waals surface area (Å²) in [5.41, 5.74) is 0. The number of rotatable bonds is 3. The van der Waals surface area contributed by atoms with Gasteiger partial charge in [0.2, 0.25) is 0 Å². The molecule has 0 aromatic rings. The van der Waals surface area contributed by atoms with E-state index in [1.54, 1.807) is 11.8 Å². The number of thioether (sulfide) groups is 1. The van der Waals surface area contributed by atoms with Crippen LogP contribution in [-0.2, 0) is 25.3 Å². The van der Waals surface area contributed by atoms with E-state index in [0.717, 1.165) is 23.5 Å². The van der Waals surface area contributed by atoms with E-state index in [0.29, 0.717) is 8.39 Å². The van der Waals surface area contributed by atoms with Crippen molar-refractivity contribution in [3.63, 3.8) is 0 Å². The first-order chi connectivity index (χ1) is 7.35. The SMILES string of the molecule is CCC(=S)SC.CCC(=S)[S-].CCC(=S)[S-]. The van der Waals surface area contributed by atoms with Crippen LogP contribution in [0.5, 0.6) is 0 Å². The van der Waals surface area contributed by atoms with Crippen LogP contribution in [-0.4, -0.2) is 18.8 Å². The summed E-state index contributed by atoms with van der Waals surface area (Å²) >= 11 is 24.5. The van der Waals surface area contributed by atoms with Gasteiger partial charge in [0.25, 0.3) is 0 Å². The van der Waals surface area contributed by atoms with Crippen LogP contribution in [0.4, 0.5) is 0 Å². The molecule has 6 heteroatoms. The monoisotopic (exact) mass is 330 g/mol. The lowest BCUT2D eigenvalue weighted by molar-refractivity contribution is 1.35. The second-order valence-electron chi connectivity index (χ2n) is 2.38. The highest BCUT2D eigenvalue weighted by atomic mass is 32.2. The Kier molecular flexibility index (Phi) is 25.6. The zero-order chi connectivity index (χ0) is 13.6. The average molecular weight is 331 g/mol. The number of hydrogen-bond donors (Lipinski definition) is 0. The zero-order valence-corrected chi connectivity index (χ0v) is 15.0. The van der Waals surface area contributed by atoms with Gasteiger partial charge in [-0.3, -0.25) is 0 Å². The lowest BCUT2D eigenvalue weighted by Crippen LogP contribution is -1.77. The van der Waals surface area contributed by atoms with Gasteiger partial charge < -0.3 is 49.7 Å². The molecule has 0 atom stereocenters. The highest BCUT2D eigenvalue weighted by molar-refractivity contribution is 8.22. The molecule has 0 amide bonds. The van der Waals surface area contributed by atoms with Gasteiger partial charge in [-0.15, -0.1) is 11.8 Å². The van der Waals surface area contributed by atoms with Gasteiger partial charge in [0.1, 0.15) is 0 Å². The van der Waals surface area contributed by atoms with Crippen LogP contribution in [0.25, 0.3) is 0 Å². The van der Waals surface area contributed by atoms with Crippen molar-refractivity contribution in [1.82, 2.24) is 0 Å². The van der Waals surface area contributed by atoms with Crippen LogP contribution in [0, 0.1) is 0 Å². The summed E-state index contributed by atoms with van der Waals surface area (Å²) in [5.74, 6) is 0. The summed E-state index contributed by atoms with van der Waals surface area (Å²) < 4.78 is 2.44. The van der Waals surface area contributed by atoms with Gasteiger partial charge in [-0.1, -0.05) is 33.0 Å². The van der Waals surface area contributed by atoms with E-state index in [1.807, 2.05) is 20.1 Å². The molecule has 0 radical (unpaired) electrons. The molecule has 0 saturated heterocycles. The highest BCUT2D eigenvalue weighted by Gasteiger charge is 1.81. The van der Waals surface area contributed by atoms with E-state index in [2.05, 4.69) is 56.6 Å². The fraction of sp³-hybridized carbons (Fsp3) is 0.700. The smallest absolute Gasteiger partial charge is 0.0473 e. The third kappa shape index (κ3) is 36.3. The Morgan fingerprint density at radius 2 is 1.12 bits per heavy atom. The van der Waals surface area contributed by atoms with Crippen molar-refractivity contribution in [3.05, 3.63) is 0 Å². The third-order valence-corrected chi connectivity index (χ3v) is 3.78. The van der Waals surface area contributed by atoms with Gasteiger partial charge in [-0.25, -0.2) is 0 Å². The molecule has 0 bridgehead atoms. The second kappa shape index (κ2) is 18.4. The predicted molar refractivity (Wildman–Crippen MR) is 96.9 cm³/mol. The largest absolute Gasteiger partial charge is 0.433 e. The minimum absolute atomic E-state index is 0.671. The van der Waals surface area contributed by atoms with E-state index in [9.17, 15) is 0 Å². The molecule has 0 spiro atoms. The van der Waals surface area contributed by atoms with Crippen LogP contribution < -0.4 is 0 Å². The Morgan fingerprint density at radius 1 is 0.875 bits per heavy atom. The molecule has 0 N–H and O–H groups in total. The molecular weight excluding hydrogens is 313 g/mol. The van der Waals surface area contributed by atoms with Crippen LogP contribution in [0.2, 0.25) is 0 Å². The second-order valence-corrected chi connectivity index (χ2v) is 6.52. The maximum absolute atomic E-state index is 4.82. The molecule has 0 aliphatic rings. The quantitative estimate of drug-likeness (QED) is 0.543. The van der Waals surface area contributed by atoms with Crippen molar-refractivity contribution in [2.75, 3.05) is 6.26 Å². The lowest BCUT2D eigenvalue weighted by atomic mass is 10.6. The van der Waals surface area contributed by atoms with Crippen LogP contribution in [0.15, 0.2) is 0 Å². The molecule has 0 unspecified atom stereocenters. The minimum Gasteiger partial charge on any atom is -0.433 e. The summed E-state index contributed by atoms with van der Waals surface area (Å²) in [7, 11) is 0. The maximum Gasteiger partial charge on any atom is 0.0473 e. The fourth-order valence-electron chi connectivity index (χ4n) is 0.144. The van der Waals surface area contributed by atoms with Crippen molar-refractivity contribution >= 4 is 86.3 Å². The minimum atomic E-state index is 0.671. The van der Waals surface area contributed by atoms with Crippen LogP contribution in [0.3, 0.4) is 0 Å². The average Bonchev–Trinajstić information content (AvgIpc) is 2.29. The van der Waals surface area contributed by atoms with Crippen molar-refractivity contribution < 1.29 is 0 Å². The highest BCUT2D eigenvalue weighted by Crippen LogP contribution is 1.99. The topological polar surface area (TPSA) is 0 Å². The van der Waals surface area contributed by atoms with E-state index < -0.39 is 0 Å². The molecule has 96 valence electrons. The molecule has 0 aliphatic heterocycles. The summed E-state index contributed by atoms with van der Waals surface area (Å²) in [6, 6.07) is 0. The first-order valence-electron chi connectivity index (χ1n) is 4.81.